The van der Waals surface area contributed by atoms with Crippen LogP contribution in [0.2, 0.25) is 5.02 Å². The number of hydrogen-bond donors (Lipinski definition) is 0. The van der Waals surface area contributed by atoms with Gasteiger partial charge in [-0.05, 0) is 36.4 Å². The van der Waals surface area contributed by atoms with Crippen LogP contribution in [0.3, 0.4) is 0 Å². The highest BCUT2D eigenvalue weighted by molar-refractivity contribution is 6.30. The molecule has 0 saturated heterocycles. The van der Waals surface area contributed by atoms with Gasteiger partial charge in [-0.2, -0.15) is 0 Å². The summed E-state index contributed by atoms with van der Waals surface area (Å²) in [5.41, 5.74) is 3.29. The predicted octanol–water partition coefficient (Wildman–Crippen LogP) is 5.10. The zero-order valence-electron chi connectivity index (χ0n) is 15.7. The molecular weight excluding hydrogens is 386 g/mol. The minimum atomic E-state index is -0.123. The molecule has 0 radical (unpaired) electrons. The van der Waals surface area contributed by atoms with E-state index in [1.807, 2.05) is 42.5 Å². The van der Waals surface area contributed by atoms with Gasteiger partial charge in [0.2, 0.25) is 5.78 Å². The van der Waals surface area contributed by atoms with Crippen LogP contribution in [0.1, 0.15) is 16.1 Å². The number of aromatic nitrogens is 3. The van der Waals surface area contributed by atoms with Gasteiger partial charge in [-0.3, -0.25) is 14.3 Å². The number of nitrogens with zero attached hydrogens (tertiary/aromatic N) is 3. The van der Waals surface area contributed by atoms with Crippen molar-refractivity contribution in [3.8, 4) is 22.6 Å². The van der Waals surface area contributed by atoms with Gasteiger partial charge in [0, 0.05) is 41.2 Å². The molecule has 5 nitrogen and oxygen atoms in total. The third-order valence-corrected chi connectivity index (χ3v) is 4.79. The number of pyridine rings is 1. The lowest BCUT2D eigenvalue weighted by Gasteiger charge is -2.11. The Labute approximate surface area is 173 Å². The fourth-order valence-corrected chi connectivity index (χ4v) is 3.32. The molecule has 0 fully saturated rings. The Bertz CT molecular complexity index is 1120. The van der Waals surface area contributed by atoms with Crippen molar-refractivity contribution in [2.45, 2.75) is 6.73 Å². The van der Waals surface area contributed by atoms with Crippen LogP contribution in [0.5, 0.6) is 0 Å². The van der Waals surface area contributed by atoms with Crippen LogP contribution < -0.4 is 0 Å². The molecule has 0 spiro atoms. The van der Waals surface area contributed by atoms with Crippen LogP contribution in [-0.4, -0.2) is 27.4 Å². The molecule has 0 atom stereocenters. The van der Waals surface area contributed by atoms with E-state index < -0.39 is 0 Å². The van der Waals surface area contributed by atoms with Crippen molar-refractivity contribution in [3.05, 3.63) is 95.4 Å². The summed E-state index contributed by atoms with van der Waals surface area (Å²) in [5, 5.41) is 0.633. The fraction of sp³-hybridized carbons (Fsp3) is 0.0870. The summed E-state index contributed by atoms with van der Waals surface area (Å²) >= 11 is 6.05. The first-order valence-corrected chi connectivity index (χ1v) is 9.42. The lowest BCUT2D eigenvalue weighted by atomic mass is 10.0. The smallest absolute Gasteiger partial charge is 0.211 e. The van der Waals surface area contributed by atoms with Crippen molar-refractivity contribution < 1.29 is 9.53 Å². The molecule has 2 heterocycles. The second-order valence-electron chi connectivity index (χ2n) is 6.42. The maximum absolute atomic E-state index is 13.5. The van der Waals surface area contributed by atoms with E-state index in [-0.39, 0.29) is 12.5 Å². The fourth-order valence-electron chi connectivity index (χ4n) is 3.19. The number of ether oxygens (including phenoxy) is 1. The highest BCUT2D eigenvalue weighted by atomic mass is 35.5. The largest absolute Gasteiger partial charge is 0.364 e. The van der Waals surface area contributed by atoms with Crippen LogP contribution in [0.4, 0.5) is 0 Å². The first-order chi connectivity index (χ1) is 14.2. The Morgan fingerprint density at radius 3 is 2.31 bits per heavy atom. The highest BCUT2D eigenvalue weighted by Crippen LogP contribution is 2.31. The van der Waals surface area contributed by atoms with Crippen molar-refractivity contribution >= 4 is 17.4 Å². The number of rotatable bonds is 6. The molecule has 6 heteroatoms. The predicted molar refractivity (Wildman–Crippen MR) is 113 cm³/mol. The molecule has 4 rings (SSSR count). The number of carbonyl (C=O) groups excluding carboxylic acids is 1. The molecule has 0 aliphatic carbocycles. The number of benzene rings is 2. The maximum Gasteiger partial charge on any atom is 0.211 e. The molecule has 29 heavy (non-hydrogen) atoms. The van der Waals surface area contributed by atoms with Gasteiger partial charge in [-0.25, -0.2) is 4.98 Å². The van der Waals surface area contributed by atoms with Crippen molar-refractivity contribution in [1.82, 2.24) is 14.5 Å². The Morgan fingerprint density at radius 2 is 1.66 bits per heavy atom. The molecule has 4 aromatic rings. The Morgan fingerprint density at radius 1 is 0.966 bits per heavy atom. The molecule has 2 aromatic heterocycles. The summed E-state index contributed by atoms with van der Waals surface area (Å²) in [7, 11) is 1.59. The second kappa shape index (κ2) is 8.39. The van der Waals surface area contributed by atoms with Crippen molar-refractivity contribution in [1.29, 1.82) is 0 Å². The van der Waals surface area contributed by atoms with E-state index in [1.54, 1.807) is 48.3 Å². The standard InChI is InChI=1S/C23H18ClN3O2/c1-29-15-27-21(22(28)17-5-3-2-4-6-17)20(16-11-13-25-14-12-16)26-23(27)18-7-9-19(24)10-8-18/h2-14H,15H2,1H3. The van der Waals surface area contributed by atoms with Gasteiger partial charge >= 0.3 is 0 Å². The van der Waals surface area contributed by atoms with E-state index in [1.165, 1.54) is 0 Å². The van der Waals surface area contributed by atoms with E-state index in [2.05, 4.69) is 4.98 Å². The molecule has 0 N–H and O–H groups in total. The molecular formula is C23H18ClN3O2. The average molecular weight is 404 g/mol. The molecule has 144 valence electrons. The summed E-state index contributed by atoms with van der Waals surface area (Å²) in [6.07, 6.45) is 3.37. The molecule has 0 unspecified atom stereocenters. The molecule has 0 aliphatic heterocycles. The Hall–Kier alpha value is -3.28. The van der Waals surface area contributed by atoms with Gasteiger partial charge < -0.3 is 4.74 Å². The van der Waals surface area contributed by atoms with Gasteiger partial charge in [0.15, 0.2) is 0 Å². The minimum Gasteiger partial charge on any atom is -0.364 e. The normalized spacial score (nSPS) is 10.8. The number of halogens is 1. The zero-order valence-corrected chi connectivity index (χ0v) is 16.5. The molecule has 2 aromatic carbocycles. The highest BCUT2D eigenvalue weighted by Gasteiger charge is 2.25. The number of hydrogen-bond acceptors (Lipinski definition) is 4. The van der Waals surface area contributed by atoms with Crippen molar-refractivity contribution in [2.75, 3.05) is 7.11 Å². The van der Waals surface area contributed by atoms with Gasteiger partial charge in [0.1, 0.15) is 23.9 Å². The first-order valence-electron chi connectivity index (χ1n) is 9.04. The lowest BCUT2D eigenvalue weighted by Crippen LogP contribution is -2.13. The number of carbonyl (C=O) groups is 1. The summed E-state index contributed by atoms with van der Waals surface area (Å²) < 4.78 is 7.22. The Balaban J connectivity index is 1.97. The first kappa shape index (κ1) is 19.1. The van der Waals surface area contributed by atoms with Crippen LogP contribution in [-0.2, 0) is 11.5 Å². The molecule has 0 bridgehead atoms. The summed E-state index contributed by atoms with van der Waals surface area (Å²) in [6, 6.07) is 20.2. The van der Waals surface area contributed by atoms with Gasteiger partial charge in [0.05, 0.1) is 0 Å². The minimum absolute atomic E-state index is 0.123. The quantitative estimate of drug-likeness (QED) is 0.420. The van der Waals surface area contributed by atoms with Crippen LogP contribution in [0, 0.1) is 0 Å². The second-order valence-corrected chi connectivity index (χ2v) is 6.85. The van der Waals surface area contributed by atoms with Crippen LogP contribution >= 0.6 is 11.6 Å². The molecule has 0 saturated carbocycles. The van der Waals surface area contributed by atoms with Crippen LogP contribution in [0.15, 0.2) is 79.1 Å². The summed E-state index contributed by atoms with van der Waals surface area (Å²) in [5.74, 6) is 0.511. The van der Waals surface area contributed by atoms with Crippen LogP contribution in [0.25, 0.3) is 22.6 Å². The summed E-state index contributed by atoms with van der Waals surface area (Å²) in [4.78, 5) is 22.4. The zero-order chi connectivity index (χ0) is 20.2. The van der Waals surface area contributed by atoms with E-state index in [0.717, 1.165) is 11.1 Å². The topological polar surface area (TPSA) is 57.0 Å². The van der Waals surface area contributed by atoms with Crippen molar-refractivity contribution in [2.24, 2.45) is 0 Å². The number of methoxy groups -OCH3 is 1. The number of imidazole rings is 1. The summed E-state index contributed by atoms with van der Waals surface area (Å²) in [6.45, 7) is 0.184. The lowest BCUT2D eigenvalue weighted by molar-refractivity contribution is 0.0992. The molecule has 0 amide bonds. The van der Waals surface area contributed by atoms with E-state index in [9.17, 15) is 4.79 Å². The third kappa shape index (κ3) is 3.83. The van der Waals surface area contributed by atoms with Crippen molar-refractivity contribution in [3.63, 3.8) is 0 Å². The SMILES string of the molecule is COCn1c(-c2ccc(Cl)cc2)nc(-c2ccncc2)c1C(=O)c1ccccc1. The van der Waals surface area contributed by atoms with Gasteiger partial charge in [0.25, 0.3) is 0 Å². The average Bonchev–Trinajstić information content (AvgIpc) is 3.14. The maximum atomic E-state index is 13.5. The number of ketones is 1. The van der Waals surface area contributed by atoms with E-state index in [0.29, 0.717) is 27.8 Å². The van der Waals surface area contributed by atoms with E-state index in [4.69, 9.17) is 21.3 Å². The third-order valence-electron chi connectivity index (χ3n) is 4.53. The monoisotopic (exact) mass is 403 g/mol. The molecule has 0 aliphatic rings. The van der Waals surface area contributed by atoms with E-state index >= 15 is 0 Å². The van der Waals surface area contributed by atoms with Gasteiger partial charge in [-0.15, -0.1) is 0 Å². The Kier molecular flexibility index (Phi) is 5.51. The van der Waals surface area contributed by atoms with Gasteiger partial charge in [-0.1, -0.05) is 41.9 Å².